The molecular weight excluding hydrogens is 218 g/mol. The number of aliphatic hydroxyl groups is 3. The van der Waals surface area contributed by atoms with Crippen molar-refractivity contribution in [3.63, 3.8) is 0 Å². The van der Waals surface area contributed by atoms with Gasteiger partial charge in [0, 0.05) is 11.5 Å². The topological polar surface area (TPSA) is 128 Å². The third kappa shape index (κ3) is 2.62. The number of hydrogen-bond acceptors (Lipinski definition) is 6. The Morgan fingerprint density at radius 2 is 2.12 bits per heavy atom. The van der Waals surface area contributed by atoms with Crippen molar-refractivity contribution in [2.45, 2.75) is 37.6 Å². The lowest BCUT2D eigenvalue weighted by molar-refractivity contribution is -0.264. The molecule has 0 aromatic heterocycles. The first-order valence-electron chi connectivity index (χ1n) is 4.94. The lowest BCUT2D eigenvalue weighted by atomic mass is 9.98. The maximum absolute atomic E-state index is 9.68. The Morgan fingerprint density at radius 3 is 2.62 bits per heavy atom. The van der Waals surface area contributed by atoms with Crippen molar-refractivity contribution in [2.24, 2.45) is 5.11 Å². The smallest absolute Gasteiger partial charge is 0.169 e. The Hall–Kier alpha value is -0.890. The van der Waals surface area contributed by atoms with Crippen LogP contribution in [-0.4, -0.2) is 59.2 Å². The molecule has 1 saturated heterocycles. The summed E-state index contributed by atoms with van der Waals surface area (Å²) < 4.78 is 10.3. The molecule has 1 heterocycles. The van der Waals surface area contributed by atoms with E-state index in [-0.39, 0.29) is 0 Å². The lowest BCUT2D eigenvalue weighted by Gasteiger charge is -2.39. The van der Waals surface area contributed by atoms with Gasteiger partial charge in [0.15, 0.2) is 6.29 Å². The number of rotatable bonds is 4. The van der Waals surface area contributed by atoms with E-state index in [9.17, 15) is 10.2 Å². The fourth-order valence-electron chi connectivity index (χ4n) is 1.55. The van der Waals surface area contributed by atoms with Gasteiger partial charge in [-0.05, 0) is 12.5 Å². The number of ether oxygens (including phenoxy) is 2. The third-order valence-electron chi connectivity index (χ3n) is 2.36. The number of aliphatic hydroxyl groups excluding tert-OH is 3. The molecule has 92 valence electrons. The predicted octanol–water partition coefficient (Wildman–Crippen LogP) is -0.859. The highest BCUT2D eigenvalue weighted by molar-refractivity contribution is 4.93. The van der Waals surface area contributed by atoms with E-state index in [0.29, 0.717) is 6.61 Å². The Bertz CT molecular complexity index is 270. The van der Waals surface area contributed by atoms with Crippen LogP contribution in [0.5, 0.6) is 0 Å². The molecule has 0 aromatic carbocycles. The van der Waals surface area contributed by atoms with Crippen LogP contribution in [0.2, 0.25) is 0 Å². The molecule has 1 aliphatic rings. The zero-order valence-electron chi connectivity index (χ0n) is 8.80. The number of nitrogens with zero attached hydrogens (tertiary/aromatic N) is 3. The molecule has 1 unspecified atom stereocenters. The lowest BCUT2D eigenvalue weighted by Crippen LogP contribution is -2.58. The molecule has 5 atom stereocenters. The highest BCUT2D eigenvalue weighted by Crippen LogP contribution is 2.24. The molecule has 0 radical (unpaired) electrons. The molecule has 16 heavy (non-hydrogen) atoms. The summed E-state index contributed by atoms with van der Waals surface area (Å²) in [5.41, 5.74) is 8.34. The fourth-order valence-corrected chi connectivity index (χ4v) is 1.55. The standard InChI is InChI=1S/C8H15N3O5/c1-2-15-8-5(10-11-9)7(14)6(13)4(3-12)16-8/h4-8,12-14H,2-3H2,1H3/t4-,5-,6-,7-,8?/m1/s1. The van der Waals surface area contributed by atoms with Crippen molar-refractivity contribution in [2.75, 3.05) is 13.2 Å². The van der Waals surface area contributed by atoms with Crippen LogP contribution in [0.1, 0.15) is 6.92 Å². The quantitative estimate of drug-likeness (QED) is 0.330. The van der Waals surface area contributed by atoms with Gasteiger partial charge in [-0.25, -0.2) is 0 Å². The Kier molecular flexibility index (Phi) is 4.94. The summed E-state index contributed by atoms with van der Waals surface area (Å²) in [6.07, 6.45) is -4.54. The van der Waals surface area contributed by atoms with Crippen LogP contribution in [0.3, 0.4) is 0 Å². The van der Waals surface area contributed by atoms with Crippen LogP contribution >= 0.6 is 0 Å². The van der Waals surface area contributed by atoms with Crippen molar-refractivity contribution >= 4 is 0 Å². The van der Waals surface area contributed by atoms with E-state index >= 15 is 0 Å². The zero-order valence-corrected chi connectivity index (χ0v) is 8.80. The van der Waals surface area contributed by atoms with Crippen LogP contribution in [0.15, 0.2) is 5.11 Å². The summed E-state index contributed by atoms with van der Waals surface area (Å²) >= 11 is 0. The second-order valence-electron chi connectivity index (χ2n) is 3.36. The number of azide groups is 1. The Balaban J connectivity index is 2.83. The highest BCUT2D eigenvalue weighted by atomic mass is 16.7. The van der Waals surface area contributed by atoms with Crippen molar-refractivity contribution in [1.82, 2.24) is 0 Å². The van der Waals surface area contributed by atoms with Crippen LogP contribution < -0.4 is 0 Å². The molecule has 0 aliphatic carbocycles. The highest BCUT2D eigenvalue weighted by Gasteiger charge is 2.44. The van der Waals surface area contributed by atoms with E-state index in [4.69, 9.17) is 20.1 Å². The van der Waals surface area contributed by atoms with Gasteiger partial charge in [0.05, 0.1) is 12.7 Å². The van der Waals surface area contributed by atoms with Gasteiger partial charge in [-0.3, -0.25) is 0 Å². The average Bonchev–Trinajstić information content (AvgIpc) is 2.28. The molecule has 8 heteroatoms. The maximum atomic E-state index is 9.68. The van der Waals surface area contributed by atoms with Crippen LogP contribution in [0, 0.1) is 0 Å². The average molecular weight is 233 g/mol. The summed E-state index contributed by atoms with van der Waals surface area (Å²) in [4.78, 5) is 2.56. The first kappa shape index (κ1) is 13.2. The van der Waals surface area contributed by atoms with Gasteiger partial charge >= 0.3 is 0 Å². The van der Waals surface area contributed by atoms with E-state index in [1.165, 1.54) is 0 Å². The molecule has 1 aliphatic heterocycles. The van der Waals surface area contributed by atoms with Gasteiger partial charge in [0.1, 0.15) is 18.2 Å². The molecule has 1 rings (SSSR count). The van der Waals surface area contributed by atoms with Crippen molar-refractivity contribution in [3.8, 4) is 0 Å². The van der Waals surface area contributed by atoms with E-state index in [0.717, 1.165) is 0 Å². The largest absolute Gasteiger partial charge is 0.394 e. The van der Waals surface area contributed by atoms with E-state index in [2.05, 4.69) is 10.0 Å². The van der Waals surface area contributed by atoms with Crippen LogP contribution in [0.25, 0.3) is 10.4 Å². The Morgan fingerprint density at radius 1 is 1.44 bits per heavy atom. The molecule has 0 aromatic rings. The molecule has 1 fully saturated rings. The van der Waals surface area contributed by atoms with Gasteiger partial charge in [0.25, 0.3) is 0 Å². The van der Waals surface area contributed by atoms with E-state index < -0.39 is 37.3 Å². The molecule has 0 saturated carbocycles. The van der Waals surface area contributed by atoms with Gasteiger partial charge in [-0.1, -0.05) is 5.11 Å². The molecule has 8 nitrogen and oxygen atoms in total. The molecule has 0 spiro atoms. The summed E-state index contributed by atoms with van der Waals surface area (Å²) in [5, 5.41) is 31.5. The van der Waals surface area contributed by atoms with E-state index in [1.807, 2.05) is 0 Å². The monoisotopic (exact) mass is 233 g/mol. The molecule has 3 N–H and O–H groups in total. The van der Waals surface area contributed by atoms with Gasteiger partial charge in [-0.2, -0.15) is 0 Å². The van der Waals surface area contributed by atoms with Crippen molar-refractivity contribution in [3.05, 3.63) is 10.4 Å². The molecule has 0 amide bonds. The maximum Gasteiger partial charge on any atom is 0.169 e. The normalized spacial score (nSPS) is 39.1. The second-order valence-corrected chi connectivity index (χ2v) is 3.36. The zero-order chi connectivity index (χ0) is 12.1. The molecule has 0 bridgehead atoms. The predicted molar refractivity (Wildman–Crippen MR) is 52.3 cm³/mol. The minimum absolute atomic E-state index is 0.295. The summed E-state index contributed by atoms with van der Waals surface area (Å²) in [6.45, 7) is 1.55. The van der Waals surface area contributed by atoms with Crippen LogP contribution in [0.4, 0.5) is 0 Å². The minimum Gasteiger partial charge on any atom is -0.394 e. The van der Waals surface area contributed by atoms with E-state index in [1.54, 1.807) is 6.92 Å². The van der Waals surface area contributed by atoms with Gasteiger partial charge in [-0.15, -0.1) is 0 Å². The van der Waals surface area contributed by atoms with Crippen LogP contribution in [-0.2, 0) is 9.47 Å². The fraction of sp³-hybridized carbons (Fsp3) is 1.00. The van der Waals surface area contributed by atoms with Crippen molar-refractivity contribution < 1.29 is 24.8 Å². The van der Waals surface area contributed by atoms with Gasteiger partial charge in [0.2, 0.25) is 0 Å². The van der Waals surface area contributed by atoms with Gasteiger partial charge < -0.3 is 24.8 Å². The molecular formula is C8H15N3O5. The third-order valence-corrected chi connectivity index (χ3v) is 2.36. The second kappa shape index (κ2) is 6.00. The summed E-state index contributed by atoms with van der Waals surface area (Å²) in [7, 11) is 0. The Labute approximate surface area is 92.0 Å². The first-order valence-corrected chi connectivity index (χ1v) is 4.94. The first-order chi connectivity index (χ1) is 7.65. The number of hydrogen-bond donors (Lipinski definition) is 3. The minimum atomic E-state index is -1.32. The SMILES string of the molecule is CCOC1O[C@H](CO)[C@@H](O)[C@H](O)[C@H]1N=[N+]=[N-]. The van der Waals surface area contributed by atoms with Crippen molar-refractivity contribution in [1.29, 1.82) is 0 Å². The summed E-state index contributed by atoms with van der Waals surface area (Å²) in [5.74, 6) is 0. The summed E-state index contributed by atoms with van der Waals surface area (Å²) in [6, 6.07) is -1.03.